The number of unbranched alkanes of at least 4 members (excludes halogenated alkanes) is 1. The minimum atomic E-state index is -0.861. The molecule has 1 aromatic carbocycles. The summed E-state index contributed by atoms with van der Waals surface area (Å²) in [5.41, 5.74) is 0.690. The van der Waals surface area contributed by atoms with Gasteiger partial charge in [-0.2, -0.15) is 0 Å². The van der Waals surface area contributed by atoms with Crippen molar-refractivity contribution in [2.75, 3.05) is 6.61 Å². The van der Waals surface area contributed by atoms with Gasteiger partial charge < -0.3 is 9.84 Å². The molecule has 1 N–H and O–H groups in total. The lowest BCUT2D eigenvalue weighted by atomic mass is 10.1. The highest BCUT2D eigenvalue weighted by atomic mass is 16.5. The maximum absolute atomic E-state index is 10.6. The van der Waals surface area contributed by atoms with Gasteiger partial charge in [0.2, 0.25) is 0 Å². The van der Waals surface area contributed by atoms with Gasteiger partial charge in [-0.25, -0.2) is 0 Å². The van der Waals surface area contributed by atoms with Gasteiger partial charge in [0.05, 0.1) is 13.0 Å². The maximum atomic E-state index is 10.6. The van der Waals surface area contributed by atoms with Crippen LogP contribution in [-0.4, -0.2) is 17.7 Å². The van der Waals surface area contributed by atoms with Crippen LogP contribution >= 0.6 is 0 Å². The van der Waals surface area contributed by atoms with Crippen LogP contribution in [0, 0.1) is 12.3 Å². The Hall–Kier alpha value is -1.95. The number of hydrogen-bond donors (Lipinski definition) is 1. The molecule has 0 aliphatic carbocycles. The summed E-state index contributed by atoms with van der Waals surface area (Å²) in [6, 6.07) is 7.15. The zero-order chi connectivity index (χ0) is 11.8. The predicted octanol–water partition coefficient (Wildman–Crippen LogP) is 2.11. The normalized spacial score (nSPS) is 9.44. The second-order valence-electron chi connectivity index (χ2n) is 3.33. The molecule has 0 aromatic heterocycles. The standard InChI is InChI=1S/C13H14O3/c1-2-3-6-9-16-12-8-5-4-7-11(12)10-13(14)15/h1,4-5,7-8H,3,6,9-10H2,(H,14,15). The van der Waals surface area contributed by atoms with Crippen LogP contribution in [0.4, 0.5) is 0 Å². The van der Waals surface area contributed by atoms with E-state index in [0.717, 1.165) is 6.42 Å². The van der Waals surface area contributed by atoms with E-state index in [9.17, 15) is 4.79 Å². The molecule has 16 heavy (non-hydrogen) atoms. The average Bonchev–Trinajstić information content (AvgIpc) is 2.26. The summed E-state index contributed by atoms with van der Waals surface area (Å²) >= 11 is 0. The Morgan fingerprint density at radius 2 is 2.19 bits per heavy atom. The Bertz CT molecular complexity index is 390. The highest BCUT2D eigenvalue weighted by molar-refractivity contribution is 5.71. The quantitative estimate of drug-likeness (QED) is 0.587. The van der Waals surface area contributed by atoms with E-state index in [1.807, 2.05) is 6.07 Å². The van der Waals surface area contributed by atoms with Crippen molar-refractivity contribution in [1.29, 1.82) is 0 Å². The number of carboxylic acids is 1. The topological polar surface area (TPSA) is 46.5 Å². The molecule has 0 fully saturated rings. The number of rotatable bonds is 6. The molecule has 0 heterocycles. The van der Waals surface area contributed by atoms with Gasteiger partial charge in [-0.1, -0.05) is 18.2 Å². The van der Waals surface area contributed by atoms with E-state index in [1.54, 1.807) is 18.2 Å². The van der Waals surface area contributed by atoms with Crippen molar-refractivity contribution in [1.82, 2.24) is 0 Å². The Labute approximate surface area is 95.1 Å². The number of hydrogen-bond acceptors (Lipinski definition) is 2. The van der Waals surface area contributed by atoms with Gasteiger partial charge in [0.15, 0.2) is 0 Å². The highest BCUT2D eigenvalue weighted by Crippen LogP contribution is 2.18. The number of carboxylic acid groups (broad SMARTS) is 1. The van der Waals surface area contributed by atoms with Crippen molar-refractivity contribution < 1.29 is 14.6 Å². The molecule has 3 heteroatoms. The van der Waals surface area contributed by atoms with Gasteiger partial charge in [-0.3, -0.25) is 4.79 Å². The number of aliphatic carboxylic acids is 1. The second-order valence-corrected chi connectivity index (χ2v) is 3.33. The first-order chi connectivity index (χ1) is 7.74. The van der Waals surface area contributed by atoms with Crippen LogP contribution in [0.5, 0.6) is 5.75 Å². The van der Waals surface area contributed by atoms with E-state index in [2.05, 4.69) is 5.92 Å². The van der Waals surface area contributed by atoms with Crippen LogP contribution in [0.15, 0.2) is 24.3 Å². The lowest BCUT2D eigenvalue weighted by molar-refractivity contribution is -0.136. The van der Waals surface area contributed by atoms with Crippen LogP contribution < -0.4 is 4.74 Å². The molecular formula is C13H14O3. The minimum Gasteiger partial charge on any atom is -0.493 e. The third-order valence-corrected chi connectivity index (χ3v) is 2.04. The van der Waals surface area contributed by atoms with Gasteiger partial charge in [0.1, 0.15) is 5.75 Å². The smallest absolute Gasteiger partial charge is 0.307 e. The van der Waals surface area contributed by atoms with E-state index < -0.39 is 5.97 Å². The molecule has 1 aromatic rings. The molecule has 0 amide bonds. The second kappa shape index (κ2) is 6.52. The van der Waals surface area contributed by atoms with Crippen LogP contribution in [-0.2, 0) is 11.2 Å². The lowest BCUT2D eigenvalue weighted by Gasteiger charge is -2.09. The van der Waals surface area contributed by atoms with E-state index in [1.165, 1.54) is 0 Å². The number of carbonyl (C=O) groups is 1. The van der Waals surface area contributed by atoms with Crippen LogP contribution in [0.25, 0.3) is 0 Å². The molecule has 0 bridgehead atoms. The van der Waals surface area contributed by atoms with Gasteiger partial charge in [0, 0.05) is 12.0 Å². The molecule has 0 saturated heterocycles. The molecule has 84 valence electrons. The summed E-state index contributed by atoms with van der Waals surface area (Å²) in [7, 11) is 0. The number of para-hydroxylation sites is 1. The lowest BCUT2D eigenvalue weighted by Crippen LogP contribution is -2.04. The minimum absolute atomic E-state index is 0.0225. The molecule has 0 aliphatic rings. The van der Waals surface area contributed by atoms with Crippen molar-refractivity contribution in [2.45, 2.75) is 19.3 Å². The third kappa shape index (κ3) is 4.05. The number of benzene rings is 1. The van der Waals surface area contributed by atoms with Crippen LogP contribution in [0.2, 0.25) is 0 Å². The van der Waals surface area contributed by atoms with E-state index >= 15 is 0 Å². The summed E-state index contributed by atoms with van der Waals surface area (Å²) in [4.78, 5) is 10.6. The molecule has 0 saturated carbocycles. The largest absolute Gasteiger partial charge is 0.493 e. The summed E-state index contributed by atoms with van der Waals surface area (Å²) in [6.07, 6.45) is 6.54. The summed E-state index contributed by atoms with van der Waals surface area (Å²) in [5.74, 6) is 2.29. The zero-order valence-electron chi connectivity index (χ0n) is 8.98. The Balaban J connectivity index is 2.57. The molecule has 1 rings (SSSR count). The Kier molecular flexibility index (Phi) is 4.94. The van der Waals surface area contributed by atoms with Gasteiger partial charge in [0.25, 0.3) is 0 Å². The number of terminal acetylenes is 1. The van der Waals surface area contributed by atoms with E-state index in [4.69, 9.17) is 16.3 Å². The van der Waals surface area contributed by atoms with Crippen molar-refractivity contribution in [3.63, 3.8) is 0 Å². The van der Waals surface area contributed by atoms with Gasteiger partial charge in [-0.05, 0) is 12.5 Å². The van der Waals surface area contributed by atoms with Crippen molar-refractivity contribution in [3.05, 3.63) is 29.8 Å². The van der Waals surface area contributed by atoms with E-state index in [0.29, 0.717) is 24.3 Å². The zero-order valence-corrected chi connectivity index (χ0v) is 8.98. The summed E-state index contributed by atoms with van der Waals surface area (Å²) < 4.78 is 5.48. The van der Waals surface area contributed by atoms with Crippen molar-refractivity contribution >= 4 is 5.97 Å². The van der Waals surface area contributed by atoms with Crippen LogP contribution in [0.3, 0.4) is 0 Å². The fraction of sp³-hybridized carbons (Fsp3) is 0.308. The summed E-state index contributed by atoms with van der Waals surface area (Å²) in [5, 5.41) is 8.72. The van der Waals surface area contributed by atoms with Crippen molar-refractivity contribution in [2.24, 2.45) is 0 Å². The fourth-order valence-corrected chi connectivity index (χ4v) is 1.31. The molecule has 0 unspecified atom stereocenters. The highest BCUT2D eigenvalue weighted by Gasteiger charge is 2.06. The molecule has 0 radical (unpaired) electrons. The third-order valence-electron chi connectivity index (χ3n) is 2.04. The predicted molar refractivity (Wildman–Crippen MR) is 61.3 cm³/mol. The SMILES string of the molecule is C#CCCCOc1ccccc1CC(=O)O. The molecule has 0 aliphatic heterocycles. The monoisotopic (exact) mass is 218 g/mol. The Morgan fingerprint density at radius 1 is 1.44 bits per heavy atom. The Morgan fingerprint density at radius 3 is 2.88 bits per heavy atom. The molecule has 3 nitrogen and oxygen atoms in total. The molecule has 0 atom stereocenters. The number of ether oxygens (including phenoxy) is 1. The average molecular weight is 218 g/mol. The first-order valence-corrected chi connectivity index (χ1v) is 5.10. The van der Waals surface area contributed by atoms with Crippen LogP contribution in [0.1, 0.15) is 18.4 Å². The van der Waals surface area contributed by atoms with Gasteiger partial charge in [-0.15, -0.1) is 12.3 Å². The maximum Gasteiger partial charge on any atom is 0.307 e. The fourth-order valence-electron chi connectivity index (χ4n) is 1.31. The molecular weight excluding hydrogens is 204 g/mol. The van der Waals surface area contributed by atoms with Gasteiger partial charge >= 0.3 is 5.97 Å². The van der Waals surface area contributed by atoms with Crippen molar-refractivity contribution in [3.8, 4) is 18.1 Å². The first kappa shape index (κ1) is 12.1. The molecule has 0 spiro atoms. The first-order valence-electron chi connectivity index (χ1n) is 5.10. The van der Waals surface area contributed by atoms with E-state index in [-0.39, 0.29) is 6.42 Å². The summed E-state index contributed by atoms with van der Waals surface area (Å²) in [6.45, 7) is 0.515.